The number of aryl methyl sites for hydroxylation is 1. The lowest BCUT2D eigenvalue weighted by molar-refractivity contribution is -0.0511. The molecule has 7 heteroatoms. The van der Waals surface area contributed by atoms with Crippen LogP contribution in [0.15, 0.2) is 24.5 Å². The van der Waals surface area contributed by atoms with E-state index in [1.54, 1.807) is 18.5 Å². The molecule has 0 fully saturated rings. The number of methoxy groups -OCH3 is 1. The first-order chi connectivity index (χ1) is 9.60. The molecule has 108 valence electrons. The lowest BCUT2D eigenvalue weighted by Crippen LogP contribution is -2.05. The molecular weight excluding hydrogens is 268 g/mol. The van der Waals surface area contributed by atoms with Crippen LogP contribution < -0.4 is 14.8 Å². The Labute approximate surface area is 114 Å². The van der Waals surface area contributed by atoms with E-state index in [-0.39, 0.29) is 11.5 Å². The van der Waals surface area contributed by atoms with E-state index in [4.69, 9.17) is 4.74 Å². The Morgan fingerprint density at radius 1 is 1.35 bits per heavy atom. The van der Waals surface area contributed by atoms with Gasteiger partial charge in [-0.25, -0.2) is 4.98 Å². The number of imidazole rings is 1. The molecule has 0 saturated heterocycles. The van der Waals surface area contributed by atoms with Gasteiger partial charge in [-0.1, -0.05) is 0 Å². The third kappa shape index (κ3) is 3.37. The zero-order chi connectivity index (χ0) is 14.5. The molecule has 0 bridgehead atoms. The number of H-pyrrole nitrogens is 1. The molecule has 2 N–H and O–H groups in total. The molecule has 0 aliphatic rings. The number of nitrogens with zero attached hydrogens (tertiary/aromatic N) is 1. The first-order valence-electron chi connectivity index (χ1n) is 5.95. The minimum absolute atomic E-state index is 0.00810. The number of ether oxygens (including phenoxy) is 2. The van der Waals surface area contributed by atoms with Crippen molar-refractivity contribution in [3.63, 3.8) is 0 Å². The molecule has 1 heterocycles. The first-order valence-corrected chi connectivity index (χ1v) is 5.95. The normalized spacial score (nSPS) is 10.7. The van der Waals surface area contributed by atoms with E-state index < -0.39 is 6.61 Å². The summed E-state index contributed by atoms with van der Waals surface area (Å²) in [4.78, 5) is 7.11. The van der Waals surface area contributed by atoms with E-state index in [1.807, 2.05) is 6.92 Å². The van der Waals surface area contributed by atoms with Crippen LogP contribution in [0.1, 0.15) is 11.4 Å². The van der Waals surface area contributed by atoms with Gasteiger partial charge in [0.1, 0.15) is 0 Å². The van der Waals surface area contributed by atoms with Crippen molar-refractivity contribution in [3.8, 4) is 11.5 Å². The lowest BCUT2D eigenvalue weighted by Gasteiger charge is -2.12. The molecule has 0 aliphatic carbocycles. The summed E-state index contributed by atoms with van der Waals surface area (Å²) in [5.41, 5.74) is 2.45. The maximum absolute atomic E-state index is 12.3. The Bertz CT molecular complexity index is 572. The highest BCUT2D eigenvalue weighted by atomic mass is 19.3. The number of aromatic nitrogens is 2. The quantitative estimate of drug-likeness (QED) is 0.855. The maximum atomic E-state index is 12.3. The van der Waals surface area contributed by atoms with Gasteiger partial charge >= 0.3 is 6.61 Å². The van der Waals surface area contributed by atoms with Gasteiger partial charge in [0.25, 0.3) is 0 Å². The monoisotopic (exact) mass is 283 g/mol. The van der Waals surface area contributed by atoms with Crippen LogP contribution in [0.3, 0.4) is 0 Å². The molecule has 2 aromatic rings. The fourth-order valence-electron chi connectivity index (χ4n) is 1.73. The molecule has 0 aliphatic heterocycles. The summed E-state index contributed by atoms with van der Waals surface area (Å²) >= 11 is 0. The number of alkyl halides is 2. The first kappa shape index (κ1) is 14.1. The largest absolute Gasteiger partial charge is 0.493 e. The van der Waals surface area contributed by atoms with Crippen molar-refractivity contribution in [3.05, 3.63) is 35.9 Å². The summed E-state index contributed by atoms with van der Waals surface area (Å²) in [5, 5.41) is 3.09. The van der Waals surface area contributed by atoms with Crippen LogP contribution in [0.2, 0.25) is 0 Å². The third-order valence-corrected chi connectivity index (χ3v) is 2.77. The van der Waals surface area contributed by atoms with Gasteiger partial charge in [-0.3, -0.25) is 0 Å². The number of benzene rings is 1. The second kappa shape index (κ2) is 6.23. The van der Waals surface area contributed by atoms with Crippen molar-refractivity contribution in [1.29, 1.82) is 0 Å². The molecule has 20 heavy (non-hydrogen) atoms. The van der Waals surface area contributed by atoms with E-state index in [9.17, 15) is 8.78 Å². The Balaban J connectivity index is 2.10. The fraction of sp³-hybridized carbons (Fsp3) is 0.308. The van der Waals surface area contributed by atoms with E-state index in [0.29, 0.717) is 12.2 Å². The van der Waals surface area contributed by atoms with Gasteiger partial charge in [0, 0.05) is 17.4 Å². The predicted molar refractivity (Wildman–Crippen MR) is 70.3 cm³/mol. The summed E-state index contributed by atoms with van der Waals surface area (Å²) < 4.78 is 34.0. The van der Waals surface area contributed by atoms with Crippen molar-refractivity contribution >= 4 is 5.69 Å². The van der Waals surface area contributed by atoms with Crippen LogP contribution in [0, 0.1) is 6.92 Å². The Kier molecular flexibility index (Phi) is 4.39. The van der Waals surface area contributed by atoms with Crippen molar-refractivity contribution in [1.82, 2.24) is 9.97 Å². The Morgan fingerprint density at radius 3 is 2.75 bits per heavy atom. The van der Waals surface area contributed by atoms with Crippen LogP contribution in [-0.2, 0) is 6.54 Å². The lowest BCUT2D eigenvalue weighted by atomic mass is 10.2. The summed E-state index contributed by atoms with van der Waals surface area (Å²) in [6.45, 7) is -0.508. The van der Waals surface area contributed by atoms with Gasteiger partial charge in [-0.2, -0.15) is 8.78 Å². The minimum Gasteiger partial charge on any atom is -0.493 e. The number of halogens is 2. The molecule has 1 aromatic carbocycles. The van der Waals surface area contributed by atoms with Crippen molar-refractivity contribution in [2.45, 2.75) is 20.1 Å². The molecule has 1 aromatic heterocycles. The number of anilines is 1. The third-order valence-electron chi connectivity index (χ3n) is 2.77. The molecule has 5 nitrogen and oxygen atoms in total. The fourth-order valence-corrected chi connectivity index (χ4v) is 1.73. The molecule has 0 spiro atoms. The van der Waals surface area contributed by atoms with Gasteiger partial charge < -0.3 is 19.8 Å². The summed E-state index contributed by atoms with van der Waals surface area (Å²) in [7, 11) is 1.40. The smallest absolute Gasteiger partial charge is 0.387 e. The highest BCUT2D eigenvalue weighted by molar-refractivity contribution is 5.54. The van der Waals surface area contributed by atoms with Crippen molar-refractivity contribution in [2.75, 3.05) is 12.4 Å². The second-order valence-corrected chi connectivity index (χ2v) is 4.07. The molecular formula is C13H15F2N3O2. The van der Waals surface area contributed by atoms with Crippen LogP contribution >= 0.6 is 0 Å². The SMILES string of the molecule is COc1ccc(NCc2nc[nH]c2C)cc1OC(F)F. The summed E-state index contributed by atoms with van der Waals surface area (Å²) in [6, 6.07) is 4.75. The van der Waals surface area contributed by atoms with Gasteiger partial charge in [-0.05, 0) is 19.1 Å². The zero-order valence-electron chi connectivity index (χ0n) is 11.1. The number of nitrogens with one attached hydrogen (secondary N) is 2. The number of aromatic amines is 1. The van der Waals surface area contributed by atoms with Gasteiger partial charge in [0.15, 0.2) is 11.5 Å². The minimum atomic E-state index is -2.90. The number of rotatable bonds is 6. The van der Waals surface area contributed by atoms with Crippen LogP contribution in [-0.4, -0.2) is 23.7 Å². The average molecular weight is 283 g/mol. The highest BCUT2D eigenvalue weighted by Gasteiger charge is 2.11. The predicted octanol–water partition coefficient (Wildman–Crippen LogP) is 2.94. The average Bonchev–Trinajstić information content (AvgIpc) is 2.81. The number of hydrogen-bond acceptors (Lipinski definition) is 4. The topological polar surface area (TPSA) is 59.2 Å². The van der Waals surface area contributed by atoms with Gasteiger partial charge in [0.05, 0.1) is 25.7 Å². The van der Waals surface area contributed by atoms with Crippen LogP contribution in [0.5, 0.6) is 11.5 Å². The Hall–Kier alpha value is -2.31. The molecule has 0 unspecified atom stereocenters. The van der Waals surface area contributed by atoms with E-state index in [2.05, 4.69) is 20.0 Å². The molecule has 0 saturated carbocycles. The second-order valence-electron chi connectivity index (χ2n) is 4.07. The van der Waals surface area contributed by atoms with Gasteiger partial charge in [-0.15, -0.1) is 0 Å². The summed E-state index contributed by atoms with van der Waals surface area (Å²) in [5.74, 6) is 0.248. The zero-order valence-corrected chi connectivity index (χ0v) is 11.1. The van der Waals surface area contributed by atoms with E-state index in [0.717, 1.165) is 11.4 Å². The van der Waals surface area contributed by atoms with Crippen molar-refractivity contribution in [2.24, 2.45) is 0 Å². The van der Waals surface area contributed by atoms with Gasteiger partial charge in [0.2, 0.25) is 0 Å². The molecule has 0 amide bonds. The van der Waals surface area contributed by atoms with E-state index >= 15 is 0 Å². The molecule has 0 atom stereocenters. The Morgan fingerprint density at radius 2 is 2.15 bits per heavy atom. The van der Waals surface area contributed by atoms with Crippen LogP contribution in [0.4, 0.5) is 14.5 Å². The standard InChI is InChI=1S/C13H15F2N3O2/c1-8-10(18-7-17-8)6-16-9-3-4-11(19-2)12(5-9)20-13(14)15/h3-5,7,13,16H,6H2,1-2H3,(H,17,18). The summed E-state index contributed by atoms with van der Waals surface area (Å²) in [6.07, 6.45) is 1.60. The van der Waals surface area contributed by atoms with E-state index in [1.165, 1.54) is 13.2 Å². The number of hydrogen-bond donors (Lipinski definition) is 2. The molecule has 0 radical (unpaired) electrons. The molecule has 2 rings (SSSR count). The van der Waals surface area contributed by atoms with Crippen LogP contribution in [0.25, 0.3) is 0 Å². The van der Waals surface area contributed by atoms with Crippen molar-refractivity contribution < 1.29 is 18.3 Å². The maximum Gasteiger partial charge on any atom is 0.387 e. The highest BCUT2D eigenvalue weighted by Crippen LogP contribution is 2.31.